The predicted molar refractivity (Wildman–Crippen MR) is 122 cm³/mol. The molecule has 0 spiro atoms. The number of anilines is 1. The largest absolute Gasteiger partial charge is 0.496 e. The summed E-state index contributed by atoms with van der Waals surface area (Å²) in [5.41, 5.74) is 9.35. The van der Waals surface area contributed by atoms with Gasteiger partial charge in [0, 0.05) is 11.3 Å². The molecule has 0 unspecified atom stereocenters. The van der Waals surface area contributed by atoms with Gasteiger partial charge in [-0.25, -0.2) is 9.79 Å². The van der Waals surface area contributed by atoms with Gasteiger partial charge in [-0.05, 0) is 82.5 Å². The zero-order valence-electron chi connectivity index (χ0n) is 19.0. The van der Waals surface area contributed by atoms with Gasteiger partial charge >= 0.3 is 6.09 Å². The number of nitrogen functional groups attached to an aromatic ring is 1. The number of hydrogen-bond acceptors (Lipinski definition) is 6. The first-order chi connectivity index (χ1) is 14.4. The number of hydrogen-bond donors (Lipinski definition) is 3. The lowest BCUT2D eigenvalue weighted by Gasteiger charge is -2.20. The number of rotatable bonds is 3. The summed E-state index contributed by atoms with van der Waals surface area (Å²) in [6.45, 7) is 10.9. The van der Waals surface area contributed by atoms with Gasteiger partial charge in [-0.3, -0.25) is 15.4 Å². The summed E-state index contributed by atoms with van der Waals surface area (Å²) in [5.74, 6) is 0.0473. The van der Waals surface area contributed by atoms with E-state index in [-0.39, 0.29) is 5.96 Å². The molecule has 166 valence electrons. The Kier molecular flexibility index (Phi) is 7.28. The van der Waals surface area contributed by atoms with Crippen LogP contribution in [-0.2, 0) is 4.74 Å². The van der Waals surface area contributed by atoms with Crippen molar-refractivity contribution in [1.82, 2.24) is 10.6 Å². The number of aryl methyl sites for hydroxylation is 2. The Morgan fingerprint density at radius 2 is 1.68 bits per heavy atom. The SMILES string of the molecule is COc1cc(C(=O)NC(=Nc2ccc(C)c(N)c2)NC(=O)OC(C)(C)C)cc(C)c1C. The molecule has 8 nitrogen and oxygen atoms in total. The molecule has 0 heterocycles. The summed E-state index contributed by atoms with van der Waals surface area (Å²) in [5, 5.41) is 5.13. The number of carbonyl (C=O) groups excluding carboxylic acids is 2. The minimum absolute atomic E-state index is 0.0836. The van der Waals surface area contributed by atoms with Gasteiger partial charge in [0.25, 0.3) is 5.91 Å². The standard InChI is InChI=1S/C23H30N4O4/c1-13-8-9-17(12-18(13)24)25-21(27-22(29)31-23(4,5)6)26-20(28)16-10-14(2)15(3)19(11-16)30-7/h8-12H,24H2,1-7H3,(H2,25,26,27,28,29). The van der Waals surface area contributed by atoms with Gasteiger partial charge in [-0.1, -0.05) is 6.07 Å². The Bertz CT molecular complexity index is 1020. The quantitative estimate of drug-likeness (QED) is 0.387. The first-order valence-corrected chi connectivity index (χ1v) is 9.81. The van der Waals surface area contributed by atoms with Crippen LogP contribution in [0, 0.1) is 20.8 Å². The molecule has 2 aromatic rings. The number of methoxy groups -OCH3 is 1. The molecule has 2 aromatic carbocycles. The molecule has 0 aliphatic carbocycles. The van der Waals surface area contributed by atoms with Crippen molar-refractivity contribution in [1.29, 1.82) is 0 Å². The molecule has 0 fully saturated rings. The summed E-state index contributed by atoms with van der Waals surface area (Å²) in [7, 11) is 1.54. The molecular formula is C23H30N4O4. The van der Waals surface area contributed by atoms with Gasteiger partial charge in [0.15, 0.2) is 0 Å². The number of benzene rings is 2. The topological polar surface area (TPSA) is 115 Å². The molecule has 0 aliphatic rings. The average molecular weight is 427 g/mol. The molecule has 0 radical (unpaired) electrons. The zero-order chi connectivity index (χ0) is 23.3. The highest BCUT2D eigenvalue weighted by Gasteiger charge is 2.20. The summed E-state index contributed by atoms with van der Waals surface area (Å²) in [6.07, 6.45) is -0.746. The number of carbonyl (C=O) groups is 2. The molecule has 4 N–H and O–H groups in total. The third-order valence-corrected chi connectivity index (χ3v) is 4.46. The fourth-order valence-corrected chi connectivity index (χ4v) is 2.66. The minimum atomic E-state index is -0.746. The molecule has 0 bridgehead atoms. The summed E-state index contributed by atoms with van der Waals surface area (Å²) >= 11 is 0. The smallest absolute Gasteiger partial charge is 0.414 e. The molecule has 8 heteroatoms. The van der Waals surface area contributed by atoms with E-state index in [9.17, 15) is 9.59 Å². The third-order valence-electron chi connectivity index (χ3n) is 4.46. The van der Waals surface area contributed by atoms with Gasteiger partial charge < -0.3 is 15.2 Å². The second-order valence-electron chi connectivity index (χ2n) is 8.20. The number of nitrogens with one attached hydrogen (secondary N) is 2. The van der Waals surface area contributed by atoms with Crippen molar-refractivity contribution >= 4 is 29.3 Å². The fourth-order valence-electron chi connectivity index (χ4n) is 2.66. The van der Waals surface area contributed by atoms with E-state index in [4.69, 9.17) is 15.2 Å². The molecule has 2 amide bonds. The van der Waals surface area contributed by atoms with Gasteiger partial charge in [-0.2, -0.15) is 0 Å². The first kappa shape index (κ1) is 23.7. The fraction of sp³-hybridized carbons (Fsp3) is 0.348. The Hall–Kier alpha value is -3.55. The highest BCUT2D eigenvalue weighted by molar-refractivity contribution is 6.09. The summed E-state index contributed by atoms with van der Waals surface area (Å²) in [4.78, 5) is 29.5. The van der Waals surface area contributed by atoms with Crippen molar-refractivity contribution in [2.45, 2.75) is 47.1 Å². The number of amides is 2. The Morgan fingerprint density at radius 1 is 1.00 bits per heavy atom. The maximum absolute atomic E-state index is 12.9. The highest BCUT2D eigenvalue weighted by atomic mass is 16.6. The molecule has 0 aromatic heterocycles. The molecule has 0 saturated carbocycles. The number of nitrogens with zero attached hydrogens (tertiary/aromatic N) is 1. The van der Waals surface area contributed by atoms with E-state index in [1.54, 1.807) is 58.2 Å². The lowest BCUT2D eigenvalue weighted by molar-refractivity contribution is 0.0561. The van der Waals surface area contributed by atoms with Crippen molar-refractivity contribution in [3.05, 3.63) is 52.6 Å². The maximum atomic E-state index is 12.9. The first-order valence-electron chi connectivity index (χ1n) is 9.81. The van der Waals surface area contributed by atoms with E-state index in [1.807, 2.05) is 20.8 Å². The number of ether oxygens (including phenoxy) is 2. The molecule has 31 heavy (non-hydrogen) atoms. The molecule has 0 saturated heterocycles. The Labute approximate surface area is 182 Å². The summed E-state index contributed by atoms with van der Waals surface area (Å²) in [6, 6.07) is 8.55. The molecule has 0 aliphatic heterocycles. The van der Waals surface area contributed by atoms with Crippen molar-refractivity contribution in [2.24, 2.45) is 4.99 Å². The van der Waals surface area contributed by atoms with E-state index < -0.39 is 17.6 Å². The normalized spacial score (nSPS) is 11.6. The van der Waals surface area contributed by atoms with E-state index in [1.165, 1.54) is 0 Å². The van der Waals surface area contributed by atoms with Crippen LogP contribution in [0.4, 0.5) is 16.2 Å². The van der Waals surface area contributed by atoms with Crippen LogP contribution in [0.15, 0.2) is 35.3 Å². The van der Waals surface area contributed by atoms with Crippen LogP contribution in [0.1, 0.15) is 47.8 Å². The van der Waals surface area contributed by atoms with Crippen LogP contribution in [0.5, 0.6) is 5.75 Å². The van der Waals surface area contributed by atoms with Gasteiger partial charge in [0.05, 0.1) is 12.8 Å². The van der Waals surface area contributed by atoms with Gasteiger partial charge in [0.2, 0.25) is 5.96 Å². The third kappa shape index (κ3) is 6.74. The molecule has 2 rings (SSSR count). The van der Waals surface area contributed by atoms with E-state index in [0.29, 0.717) is 22.7 Å². The molecular weight excluding hydrogens is 396 g/mol. The van der Waals surface area contributed by atoms with Crippen molar-refractivity contribution in [3.63, 3.8) is 0 Å². The Morgan fingerprint density at radius 3 is 2.26 bits per heavy atom. The Balaban J connectivity index is 2.36. The summed E-state index contributed by atoms with van der Waals surface area (Å²) < 4.78 is 10.6. The number of guanidine groups is 1. The monoisotopic (exact) mass is 426 g/mol. The number of alkyl carbamates (subject to hydrolysis) is 1. The van der Waals surface area contributed by atoms with E-state index in [0.717, 1.165) is 16.7 Å². The van der Waals surface area contributed by atoms with Crippen LogP contribution in [0.2, 0.25) is 0 Å². The van der Waals surface area contributed by atoms with Crippen LogP contribution in [0.3, 0.4) is 0 Å². The van der Waals surface area contributed by atoms with Crippen LogP contribution in [0.25, 0.3) is 0 Å². The zero-order valence-corrected chi connectivity index (χ0v) is 19.0. The van der Waals surface area contributed by atoms with E-state index in [2.05, 4.69) is 15.6 Å². The van der Waals surface area contributed by atoms with Gasteiger partial charge in [-0.15, -0.1) is 0 Å². The van der Waals surface area contributed by atoms with Crippen LogP contribution in [-0.4, -0.2) is 30.7 Å². The van der Waals surface area contributed by atoms with Crippen molar-refractivity contribution in [3.8, 4) is 5.75 Å². The lowest BCUT2D eigenvalue weighted by atomic mass is 10.0. The highest BCUT2D eigenvalue weighted by Crippen LogP contribution is 2.23. The second-order valence-corrected chi connectivity index (χ2v) is 8.20. The minimum Gasteiger partial charge on any atom is -0.496 e. The van der Waals surface area contributed by atoms with Gasteiger partial charge in [0.1, 0.15) is 11.4 Å². The lowest BCUT2D eigenvalue weighted by Crippen LogP contribution is -2.45. The second kappa shape index (κ2) is 9.51. The van der Waals surface area contributed by atoms with Crippen LogP contribution >= 0.6 is 0 Å². The number of nitrogens with two attached hydrogens (primary N) is 1. The number of aliphatic imine (C=N–C) groups is 1. The molecule has 0 atom stereocenters. The average Bonchev–Trinajstić information content (AvgIpc) is 2.65. The maximum Gasteiger partial charge on any atom is 0.414 e. The van der Waals surface area contributed by atoms with Crippen molar-refractivity contribution < 1.29 is 19.1 Å². The van der Waals surface area contributed by atoms with E-state index >= 15 is 0 Å². The van der Waals surface area contributed by atoms with Crippen molar-refractivity contribution in [2.75, 3.05) is 12.8 Å². The predicted octanol–water partition coefficient (Wildman–Crippen LogP) is 4.14. The van der Waals surface area contributed by atoms with Crippen LogP contribution < -0.4 is 21.1 Å².